The molecule has 0 aromatic heterocycles. The smallest absolute Gasteiger partial charge is 0.279 e. The second kappa shape index (κ2) is 7.20. The van der Waals surface area contributed by atoms with Gasteiger partial charge in [-0.15, -0.1) is 0 Å². The first-order valence-corrected chi connectivity index (χ1v) is 9.43. The average molecular weight is 303 g/mol. The minimum absolute atomic E-state index is 0.161. The number of nitrogens with one attached hydrogen (secondary N) is 2. The lowest BCUT2D eigenvalue weighted by atomic mass is 9.83. The first kappa shape index (κ1) is 16.2. The Balaban J connectivity index is 1.81. The van der Waals surface area contributed by atoms with Gasteiger partial charge in [0.15, 0.2) is 0 Å². The molecule has 6 heteroatoms. The first-order valence-electron chi connectivity index (χ1n) is 7.99. The number of nitrogens with zero attached hydrogens (tertiary/aromatic N) is 1. The molecule has 1 saturated carbocycles. The largest absolute Gasteiger partial charge is 0.316 e. The van der Waals surface area contributed by atoms with E-state index in [1.165, 1.54) is 0 Å². The van der Waals surface area contributed by atoms with Crippen LogP contribution >= 0.6 is 0 Å². The van der Waals surface area contributed by atoms with Crippen molar-refractivity contribution in [3.63, 3.8) is 0 Å². The third-order valence-electron chi connectivity index (χ3n) is 4.37. The van der Waals surface area contributed by atoms with Crippen molar-refractivity contribution in [1.29, 1.82) is 0 Å². The molecule has 20 heavy (non-hydrogen) atoms. The van der Waals surface area contributed by atoms with Crippen LogP contribution in [0.5, 0.6) is 0 Å². The fraction of sp³-hybridized carbons (Fsp3) is 1.00. The molecule has 118 valence electrons. The molecule has 1 heterocycles. The highest BCUT2D eigenvalue weighted by atomic mass is 32.2. The van der Waals surface area contributed by atoms with Crippen molar-refractivity contribution < 1.29 is 8.42 Å². The van der Waals surface area contributed by atoms with Crippen LogP contribution in [0.15, 0.2) is 0 Å². The summed E-state index contributed by atoms with van der Waals surface area (Å²) in [6.45, 7) is 7.59. The zero-order chi connectivity index (χ0) is 14.6. The van der Waals surface area contributed by atoms with Crippen molar-refractivity contribution in [3.05, 3.63) is 0 Å². The van der Waals surface area contributed by atoms with Gasteiger partial charge in [-0.25, -0.2) is 0 Å². The Hall–Kier alpha value is -0.170. The summed E-state index contributed by atoms with van der Waals surface area (Å²) in [5, 5.41) is 3.40. The minimum atomic E-state index is -3.27. The zero-order valence-electron chi connectivity index (χ0n) is 12.8. The van der Waals surface area contributed by atoms with E-state index in [0.29, 0.717) is 24.9 Å². The number of piperidine rings is 1. The highest BCUT2D eigenvalue weighted by Crippen LogP contribution is 2.28. The third kappa shape index (κ3) is 4.41. The summed E-state index contributed by atoms with van der Waals surface area (Å²) in [6.07, 6.45) is 5.18. The highest BCUT2D eigenvalue weighted by molar-refractivity contribution is 7.87. The van der Waals surface area contributed by atoms with Crippen molar-refractivity contribution in [1.82, 2.24) is 14.3 Å². The molecular weight excluding hydrogens is 274 g/mol. The van der Waals surface area contributed by atoms with Gasteiger partial charge in [0, 0.05) is 19.1 Å². The van der Waals surface area contributed by atoms with Gasteiger partial charge >= 0.3 is 0 Å². The first-order chi connectivity index (χ1) is 9.51. The normalized spacial score (nSPS) is 32.0. The summed E-state index contributed by atoms with van der Waals surface area (Å²) in [5.74, 6) is 1.11. The van der Waals surface area contributed by atoms with Gasteiger partial charge in [-0.3, -0.25) is 0 Å². The van der Waals surface area contributed by atoms with Crippen molar-refractivity contribution in [2.45, 2.75) is 52.0 Å². The molecule has 5 nitrogen and oxygen atoms in total. The molecular formula is C14H29N3O2S. The van der Waals surface area contributed by atoms with Crippen LogP contribution in [0.25, 0.3) is 0 Å². The summed E-state index contributed by atoms with van der Waals surface area (Å²) < 4.78 is 29.2. The molecule has 2 fully saturated rings. The van der Waals surface area contributed by atoms with Gasteiger partial charge in [-0.05, 0) is 57.0 Å². The Bertz CT molecular complexity index is 393. The van der Waals surface area contributed by atoms with Gasteiger partial charge in [0.2, 0.25) is 0 Å². The maximum atomic E-state index is 12.4. The zero-order valence-corrected chi connectivity index (χ0v) is 13.6. The predicted octanol–water partition coefficient (Wildman–Crippen LogP) is 1.33. The van der Waals surface area contributed by atoms with Crippen LogP contribution in [-0.4, -0.2) is 44.9 Å². The Labute approximate surface area is 123 Å². The molecule has 0 bridgehead atoms. The van der Waals surface area contributed by atoms with Gasteiger partial charge in [0.25, 0.3) is 10.2 Å². The molecule has 1 aliphatic carbocycles. The summed E-state index contributed by atoms with van der Waals surface area (Å²) in [5.41, 5.74) is 0. The number of hydrogen-bond donors (Lipinski definition) is 2. The Kier molecular flexibility index (Phi) is 5.84. The van der Waals surface area contributed by atoms with Crippen LogP contribution in [0.1, 0.15) is 46.0 Å². The third-order valence-corrected chi connectivity index (χ3v) is 6.01. The molecule has 1 atom stereocenters. The molecule has 1 unspecified atom stereocenters. The molecule has 2 aliphatic rings. The van der Waals surface area contributed by atoms with Crippen LogP contribution in [0.2, 0.25) is 0 Å². The maximum absolute atomic E-state index is 12.4. The van der Waals surface area contributed by atoms with Crippen molar-refractivity contribution in [3.8, 4) is 0 Å². The lowest BCUT2D eigenvalue weighted by Crippen LogP contribution is -2.52. The predicted molar refractivity (Wildman–Crippen MR) is 81.7 cm³/mol. The second-order valence-electron chi connectivity index (χ2n) is 6.47. The molecule has 0 amide bonds. The Morgan fingerprint density at radius 1 is 1.30 bits per heavy atom. The summed E-state index contributed by atoms with van der Waals surface area (Å²) in [6, 6.07) is 0.161. The van der Waals surface area contributed by atoms with E-state index in [2.05, 4.69) is 23.9 Å². The molecule has 2 rings (SSSR count). The van der Waals surface area contributed by atoms with Gasteiger partial charge < -0.3 is 5.32 Å². The maximum Gasteiger partial charge on any atom is 0.279 e. The van der Waals surface area contributed by atoms with E-state index in [4.69, 9.17) is 0 Å². The van der Waals surface area contributed by atoms with Gasteiger partial charge in [0.05, 0.1) is 0 Å². The fourth-order valence-electron chi connectivity index (χ4n) is 3.18. The SMILES string of the molecule is CCCNCC1CCCN(S(=O)(=O)NC2CC(C)C2)C1. The molecule has 1 aliphatic heterocycles. The van der Waals surface area contributed by atoms with E-state index < -0.39 is 10.2 Å². The number of rotatable bonds is 7. The molecule has 0 radical (unpaired) electrons. The van der Waals surface area contributed by atoms with Crippen molar-refractivity contribution in [2.75, 3.05) is 26.2 Å². The van der Waals surface area contributed by atoms with Crippen LogP contribution in [0.3, 0.4) is 0 Å². The topological polar surface area (TPSA) is 61.4 Å². The van der Waals surface area contributed by atoms with Crippen LogP contribution in [-0.2, 0) is 10.2 Å². The highest BCUT2D eigenvalue weighted by Gasteiger charge is 2.34. The summed E-state index contributed by atoms with van der Waals surface area (Å²) in [7, 11) is -3.27. The van der Waals surface area contributed by atoms with Crippen LogP contribution in [0.4, 0.5) is 0 Å². The Morgan fingerprint density at radius 3 is 2.70 bits per heavy atom. The molecule has 1 saturated heterocycles. The number of hydrogen-bond acceptors (Lipinski definition) is 3. The van der Waals surface area contributed by atoms with Crippen molar-refractivity contribution in [2.24, 2.45) is 11.8 Å². The molecule has 2 N–H and O–H groups in total. The van der Waals surface area contributed by atoms with Crippen LogP contribution < -0.4 is 10.0 Å². The lowest BCUT2D eigenvalue weighted by molar-refractivity contribution is 0.239. The van der Waals surface area contributed by atoms with Gasteiger partial charge in [0.1, 0.15) is 0 Å². The van der Waals surface area contributed by atoms with Gasteiger partial charge in [-0.2, -0.15) is 17.4 Å². The van der Waals surface area contributed by atoms with E-state index in [1.807, 2.05) is 0 Å². The second-order valence-corrected chi connectivity index (χ2v) is 8.17. The summed E-state index contributed by atoms with van der Waals surface area (Å²) in [4.78, 5) is 0. The standard InChI is InChI=1S/C14H29N3O2S/c1-3-6-15-10-13-5-4-7-17(11-13)20(18,19)16-14-8-12(2)9-14/h12-16H,3-11H2,1-2H3. The monoisotopic (exact) mass is 303 g/mol. The van der Waals surface area contributed by atoms with E-state index in [1.54, 1.807) is 4.31 Å². The minimum Gasteiger partial charge on any atom is -0.316 e. The summed E-state index contributed by atoms with van der Waals surface area (Å²) >= 11 is 0. The van der Waals surface area contributed by atoms with Gasteiger partial charge in [-0.1, -0.05) is 13.8 Å². The molecule has 0 aromatic carbocycles. The fourth-order valence-corrected chi connectivity index (χ4v) is 4.72. The lowest BCUT2D eigenvalue weighted by Gasteiger charge is -2.37. The van der Waals surface area contributed by atoms with Crippen LogP contribution in [0, 0.1) is 11.8 Å². The molecule has 0 spiro atoms. The Morgan fingerprint density at radius 2 is 2.05 bits per heavy atom. The van der Waals surface area contributed by atoms with Crippen molar-refractivity contribution >= 4 is 10.2 Å². The van der Waals surface area contributed by atoms with E-state index in [0.717, 1.165) is 45.2 Å². The van der Waals surface area contributed by atoms with E-state index >= 15 is 0 Å². The average Bonchev–Trinajstić information content (AvgIpc) is 2.37. The molecule has 0 aromatic rings. The van der Waals surface area contributed by atoms with E-state index in [9.17, 15) is 8.42 Å². The quantitative estimate of drug-likeness (QED) is 0.698. The van der Waals surface area contributed by atoms with E-state index in [-0.39, 0.29) is 6.04 Å².